The van der Waals surface area contributed by atoms with Gasteiger partial charge in [0.15, 0.2) is 0 Å². The van der Waals surface area contributed by atoms with Crippen molar-refractivity contribution in [3.05, 3.63) is 47.5 Å². The normalized spacial score (nSPS) is 10.6. The van der Waals surface area contributed by atoms with Crippen LogP contribution in [0.15, 0.2) is 36.9 Å². The maximum atomic E-state index is 8.90. The zero-order valence-corrected chi connectivity index (χ0v) is 9.45. The van der Waals surface area contributed by atoms with Crippen LogP contribution in [0.4, 0.5) is 0 Å². The molecule has 0 aliphatic heterocycles. The van der Waals surface area contributed by atoms with Gasteiger partial charge in [-0.05, 0) is 11.6 Å². The Morgan fingerprint density at radius 3 is 2.73 bits per heavy atom. The number of halogens is 1. The highest BCUT2D eigenvalue weighted by atomic mass is 35.5. The van der Waals surface area contributed by atoms with Gasteiger partial charge < -0.3 is 5.11 Å². The molecule has 0 aromatic heterocycles. The van der Waals surface area contributed by atoms with E-state index in [-0.39, 0.29) is 6.61 Å². The Bertz CT molecular complexity index is 314. The predicted molar refractivity (Wildman–Crippen MR) is 64.0 cm³/mol. The van der Waals surface area contributed by atoms with Crippen molar-refractivity contribution in [2.45, 2.75) is 6.54 Å². The second-order valence-corrected chi connectivity index (χ2v) is 3.75. The van der Waals surface area contributed by atoms with Crippen molar-refractivity contribution in [2.24, 2.45) is 0 Å². The van der Waals surface area contributed by atoms with Gasteiger partial charge in [0.1, 0.15) is 0 Å². The van der Waals surface area contributed by atoms with Crippen LogP contribution in [0.25, 0.3) is 0 Å². The topological polar surface area (TPSA) is 23.5 Å². The van der Waals surface area contributed by atoms with Crippen LogP contribution >= 0.6 is 11.6 Å². The average Bonchev–Trinajstić information content (AvgIpc) is 2.22. The summed E-state index contributed by atoms with van der Waals surface area (Å²) in [4.78, 5) is 2.09. The van der Waals surface area contributed by atoms with Crippen LogP contribution in [-0.2, 0) is 6.54 Å². The molecule has 0 radical (unpaired) electrons. The lowest BCUT2D eigenvalue weighted by atomic mass is 10.2. The Hall–Kier alpha value is -0.830. The number of nitrogens with zero attached hydrogens (tertiary/aromatic N) is 1. The first-order valence-corrected chi connectivity index (χ1v) is 5.33. The Labute approximate surface area is 95.8 Å². The first-order chi connectivity index (χ1) is 7.27. The summed E-state index contributed by atoms with van der Waals surface area (Å²) >= 11 is 6.05. The fourth-order valence-electron chi connectivity index (χ4n) is 1.43. The summed E-state index contributed by atoms with van der Waals surface area (Å²) in [5, 5.41) is 9.67. The van der Waals surface area contributed by atoms with Crippen LogP contribution in [0.3, 0.4) is 0 Å². The van der Waals surface area contributed by atoms with Crippen molar-refractivity contribution in [1.29, 1.82) is 0 Å². The summed E-state index contributed by atoms with van der Waals surface area (Å²) in [5.41, 5.74) is 1.08. The Morgan fingerprint density at radius 2 is 2.13 bits per heavy atom. The average molecular weight is 226 g/mol. The van der Waals surface area contributed by atoms with Gasteiger partial charge in [-0.25, -0.2) is 0 Å². The molecule has 0 unspecified atom stereocenters. The number of aliphatic hydroxyl groups excluding tert-OH is 1. The molecule has 0 atom stereocenters. The zero-order valence-electron chi connectivity index (χ0n) is 8.69. The summed E-state index contributed by atoms with van der Waals surface area (Å²) in [6, 6.07) is 7.75. The molecule has 1 rings (SSSR count). The van der Waals surface area contributed by atoms with Crippen molar-refractivity contribution >= 4 is 11.6 Å². The van der Waals surface area contributed by atoms with Crippen molar-refractivity contribution in [3.8, 4) is 0 Å². The molecule has 82 valence electrons. The molecule has 3 heteroatoms. The predicted octanol–water partition coefficient (Wildman–Crippen LogP) is 2.32. The third kappa shape index (κ3) is 4.04. The van der Waals surface area contributed by atoms with Gasteiger partial charge in [-0.15, -0.1) is 6.58 Å². The Kier molecular flexibility index (Phi) is 5.40. The Balaban J connectivity index is 2.64. The molecular formula is C12H16ClNO. The van der Waals surface area contributed by atoms with E-state index >= 15 is 0 Å². The zero-order chi connectivity index (χ0) is 11.1. The molecule has 2 nitrogen and oxygen atoms in total. The van der Waals surface area contributed by atoms with Gasteiger partial charge >= 0.3 is 0 Å². The first-order valence-electron chi connectivity index (χ1n) is 4.95. The van der Waals surface area contributed by atoms with E-state index in [0.29, 0.717) is 6.54 Å². The maximum absolute atomic E-state index is 8.90. The van der Waals surface area contributed by atoms with E-state index in [0.717, 1.165) is 23.7 Å². The fraction of sp³-hybridized carbons (Fsp3) is 0.333. The van der Waals surface area contributed by atoms with Gasteiger partial charge in [-0.2, -0.15) is 0 Å². The van der Waals surface area contributed by atoms with Gasteiger partial charge in [0, 0.05) is 24.7 Å². The second kappa shape index (κ2) is 6.62. The van der Waals surface area contributed by atoms with Crippen LogP contribution < -0.4 is 0 Å². The van der Waals surface area contributed by atoms with Crippen molar-refractivity contribution in [3.63, 3.8) is 0 Å². The summed E-state index contributed by atoms with van der Waals surface area (Å²) < 4.78 is 0. The maximum Gasteiger partial charge on any atom is 0.0558 e. The Morgan fingerprint density at radius 1 is 1.40 bits per heavy atom. The third-order valence-electron chi connectivity index (χ3n) is 2.16. The number of hydrogen-bond acceptors (Lipinski definition) is 2. The van der Waals surface area contributed by atoms with Gasteiger partial charge in [-0.3, -0.25) is 4.90 Å². The number of aliphatic hydroxyl groups is 1. The van der Waals surface area contributed by atoms with E-state index in [4.69, 9.17) is 16.7 Å². The number of hydrogen-bond donors (Lipinski definition) is 1. The van der Waals surface area contributed by atoms with Gasteiger partial charge in [-0.1, -0.05) is 35.9 Å². The monoisotopic (exact) mass is 225 g/mol. The molecule has 15 heavy (non-hydrogen) atoms. The van der Waals surface area contributed by atoms with Crippen LogP contribution in [-0.4, -0.2) is 29.7 Å². The van der Waals surface area contributed by atoms with Crippen molar-refractivity contribution in [2.75, 3.05) is 19.7 Å². The van der Waals surface area contributed by atoms with Crippen LogP contribution in [0.2, 0.25) is 5.02 Å². The smallest absolute Gasteiger partial charge is 0.0558 e. The lowest BCUT2D eigenvalue weighted by Gasteiger charge is -2.19. The van der Waals surface area contributed by atoms with E-state index in [1.165, 1.54) is 0 Å². The van der Waals surface area contributed by atoms with E-state index in [9.17, 15) is 0 Å². The lowest BCUT2D eigenvalue weighted by molar-refractivity contribution is 0.203. The van der Waals surface area contributed by atoms with Crippen molar-refractivity contribution in [1.82, 2.24) is 4.90 Å². The summed E-state index contributed by atoms with van der Waals surface area (Å²) in [6.45, 7) is 5.98. The summed E-state index contributed by atoms with van der Waals surface area (Å²) in [7, 11) is 0. The molecule has 0 aliphatic rings. The standard InChI is InChI=1S/C12H16ClNO/c1-2-7-14(8-9-15)10-11-5-3-4-6-12(11)13/h2-6,15H,1,7-10H2. The minimum absolute atomic E-state index is 0.151. The highest BCUT2D eigenvalue weighted by Gasteiger charge is 2.05. The van der Waals surface area contributed by atoms with Gasteiger partial charge in [0.25, 0.3) is 0 Å². The lowest BCUT2D eigenvalue weighted by Crippen LogP contribution is -2.26. The van der Waals surface area contributed by atoms with E-state index in [1.54, 1.807) is 0 Å². The molecular weight excluding hydrogens is 210 g/mol. The molecule has 0 spiro atoms. The summed E-state index contributed by atoms with van der Waals surface area (Å²) in [5.74, 6) is 0. The largest absolute Gasteiger partial charge is 0.395 e. The molecule has 1 aromatic carbocycles. The molecule has 1 N–H and O–H groups in total. The molecule has 0 heterocycles. The molecule has 0 amide bonds. The van der Waals surface area contributed by atoms with E-state index in [1.807, 2.05) is 30.3 Å². The van der Waals surface area contributed by atoms with E-state index in [2.05, 4.69) is 11.5 Å². The SMILES string of the molecule is C=CCN(CCO)Cc1ccccc1Cl. The van der Waals surface area contributed by atoms with Crippen LogP contribution in [0, 0.1) is 0 Å². The van der Waals surface area contributed by atoms with Crippen LogP contribution in [0.5, 0.6) is 0 Å². The second-order valence-electron chi connectivity index (χ2n) is 3.34. The van der Waals surface area contributed by atoms with Gasteiger partial charge in [0.05, 0.1) is 6.61 Å². The quantitative estimate of drug-likeness (QED) is 0.752. The molecule has 1 aromatic rings. The molecule has 0 saturated heterocycles. The highest BCUT2D eigenvalue weighted by molar-refractivity contribution is 6.31. The highest BCUT2D eigenvalue weighted by Crippen LogP contribution is 2.16. The molecule has 0 bridgehead atoms. The number of rotatable bonds is 6. The minimum atomic E-state index is 0.151. The molecule has 0 aliphatic carbocycles. The molecule has 0 saturated carbocycles. The molecule has 0 fully saturated rings. The van der Waals surface area contributed by atoms with E-state index < -0.39 is 0 Å². The summed E-state index contributed by atoms with van der Waals surface area (Å²) in [6.07, 6.45) is 1.83. The van der Waals surface area contributed by atoms with Crippen LogP contribution in [0.1, 0.15) is 5.56 Å². The van der Waals surface area contributed by atoms with Crippen molar-refractivity contribution < 1.29 is 5.11 Å². The third-order valence-corrected chi connectivity index (χ3v) is 2.52. The van der Waals surface area contributed by atoms with Gasteiger partial charge in [0.2, 0.25) is 0 Å². The minimum Gasteiger partial charge on any atom is -0.395 e. The first kappa shape index (κ1) is 12.2. The number of benzene rings is 1. The fourth-order valence-corrected chi connectivity index (χ4v) is 1.62.